The number of nitro benzene ring substituents is 1. The Bertz CT molecular complexity index is 535. The molecule has 0 heterocycles. The Kier molecular flexibility index (Phi) is 5.43. The predicted molar refractivity (Wildman–Crippen MR) is 81.7 cm³/mol. The molecule has 6 nitrogen and oxygen atoms in total. The van der Waals surface area contributed by atoms with E-state index in [1.165, 1.54) is 6.07 Å². The van der Waals surface area contributed by atoms with E-state index >= 15 is 0 Å². The predicted octanol–water partition coefficient (Wildman–Crippen LogP) is 2.28. The number of hydrogen-bond acceptors (Lipinski definition) is 4. The van der Waals surface area contributed by atoms with Crippen molar-refractivity contribution >= 4 is 11.6 Å². The number of carbonyl (C=O) groups is 1. The van der Waals surface area contributed by atoms with Crippen molar-refractivity contribution in [2.24, 2.45) is 11.1 Å². The average molecular weight is 293 g/mol. The highest BCUT2D eigenvalue weighted by atomic mass is 16.6. The Labute approximate surface area is 124 Å². The number of rotatable bonds is 5. The molecule has 21 heavy (non-hydrogen) atoms. The molecule has 0 saturated heterocycles. The molecule has 1 atom stereocenters. The maximum Gasteiger partial charge on any atom is 0.272 e. The van der Waals surface area contributed by atoms with E-state index in [2.05, 4.69) is 5.32 Å². The fourth-order valence-electron chi connectivity index (χ4n) is 1.83. The van der Waals surface area contributed by atoms with Crippen LogP contribution in [0.25, 0.3) is 0 Å². The van der Waals surface area contributed by atoms with Gasteiger partial charge in [0.25, 0.3) is 5.69 Å². The molecule has 0 saturated carbocycles. The highest BCUT2D eigenvalue weighted by Crippen LogP contribution is 2.21. The summed E-state index contributed by atoms with van der Waals surface area (Å²) >= 11 is 0. The largest absolute Gasteiger partial charge is 0.352 e. The first-order valence-electron chi connectivity index (χ1n) is 6.88. The normalized spacial score (nSPS) is 12.8. The first-order valence-corrected chi connectivity index (χ1v) is 6.88. The lowest BCUT2D eigenvalue weighted by atomic mass is 9.85. The van der Waals surface area contributed by atoms with Gasteiger partial charge < -0.3 is 11.1 Å². The second-order valence-electron chi connectivity index (χ2n) is 6.27. The van der Waals surface area contributed by atoms with Crippen LogP contribution in [0.15, 0.2) is 18.2 Å². The number of nitrogens with two attached hydrogens (primary N) is 1. The van der Waals surface area contributed by atoms with Gasteiger partial charge in [-0.25, -0.2) is 0 Å². The molecule has 0 bridgehead atoms. The molecule has 0 fully saturated rings. The van der Waals surface area contributed by atoms with E-state index < -0.39 is 4.92 Å². The molecule has 1 unspecified atom stereocenters. The SMILES string of the molecule is Cc1c(CNC(=O)CC(N)C(C)(C)C)cccc1[N+](=O)[O-]. The quantitative estimate of drug-likeness (QED) is 0.642. The van der Waals surface area contributed by atoms with Gasteiger partial charge >= 0.3 is 0 Å². The second-order valence-corrected chi connectivity index (χ2v) is 6.27. The van der Waals surface area contributed by atoms with Crippen LogP contribution in [-0.4, -0.2) is 16.9 Å². The van der Waals surface area contributed by atoms with Crippen molar-refractivity contribution in [2.75, 3.05) is 0 Å². The van der Waals surface area contributed by atoms with Crippen LogP contribution in [-0.2, 0) is 11.3 Å². The van der Waals surface area contributed by atoms with E-state index in [4.69, 9.17) is 5.73 Å². The first-order chi connectivity index (χ1) is 9.62. The standard InChI is InChI=1S/C15H23N3O3/c1-10-11(6-5-7-12(10)18(20)21)9-17-14(19)8-13(16)15(2,3)4/h5-7,13H,8-9,16H2,1-4H3,(H,17,19). The van der Waals surface area contributed by atoms with E-state index in [9.17, 15) is 14.9 Å². The molecule has 3 N–H and O–H groups in total. The van der Waals surface area contributed by atoms with Gasteiger partial charge in [0.1, 0.15) is 0 Å². The molecule has 0 aliphatic heterocycles. The number of nitrogens with zero attached hydrogens (tertiary/aromatic N) is 1. The van der Waals surface area contributed by atoms with Crippen LogP contribution < -0.4 is 11.1 Å². The summed E-state index contributed by atoms with van der Waals surface area (Å²) in [6, 6.07) is 4.61. The molecule has 0 spiro atoms. The van der Waals surface area contributed by atoms with Gasteiger partial charge in [0.15, 0.2) is 0 Å². The summed E-state index contributed by atoms with van der Waals surface area (Å²) in [6.45, 7) is 7.89. The lowest BCUT2D eigenvalue weighted by Gasteiger charge is -2.26. The van der Waals surface area contributed by atoms with Gasteiger partial charge in [-0.05, 0) is 17.9 Å². The third kappa shape index (κ3) is 4.82. The molecule has 1 aromatic rings. The summed E-state index contributed by atoms with van der Waals surface area (Å²) in [5.41, 5.74) is 7.20. The van der Waals surface area contributed by atoms with Crippen LogP contribution in [0.4, 0.5) is 5.69 Å². The molecule has 0 aliphatic carbocycles. The van der Waals surface area contributed by atoms with E-state index in [-0.39, 0.29) is 36.0 Å². The number of hydrogen-bond donors (Lipinski definition) is 2. The maximum absolute atomic E-state index is 11.9. The van der Waals surface area contributed by atoms with Crippen LogP contribution in [0.3, 0.4) is 0 Å². The second kappa shape index (κ2) is 6.67. The number of amides is 1. The van der Waals surface area contributed by atoms with Gasteiger partial charge in [-0.1, -0.05) is 32.9 Å². The van der Waals surface area contributed by atoms with Crippen molar-refractivity contribution in [2.45, 2.75) is 46.7 Å². The van der Waals surface area contributed by atoms with E-state index in [0.717, 1.165) is 5.56 Å². The van der Waals surface area contributed by atoms with Crippen LogP contribution in [0.1, 0.15) is 38.3 Å². The molecular weight excluding hydrogens is 270 g/mol. The third-order valence-corrected chi connectivity index (χ3v) is 3.61. The Morgan fingerprint density at radius 1 is 1.43 bits per heavy atom. The van der Waals surface area contributed by atoms with Crippen LogP contribution in [0.2, 0.25) is 0 Å². The molecule has 0 aliphatic rings. The minimum atomic E-state index is -0.420. The molecule has 0 radical (unpaired) electrons. The van der Waals surface area contributed by atoms with Crippen molar-refractivity contribution in [3.05, 3.63) is 39.4 Å². The first kappa shape index (κ1) is 17.1. The lowest BCUT2D eigenvalue weighted by molar-refractivity contribution is -0.385. The van der Waals surface area contributed by atoms with Crippen molar-refractivity contribution in [3.8, 4) is 0 Å². The molecule has 116 valence electrons. The fourth-order valence-corrected chi connectivity index (χ4v) is 1.83. The topological polar surface area (TPSA) is 98.3 Å². The third-order valence-electron chi connectivity index (χ3n) is 3.61. The minimum absolute atomic E-state index is 0.0631. The molecular formula is C15H23N3O3. The van der Waals surface area contributed by atoms with Gasteiger partial charge in [0, 0.05) is 30.6 Å². The molecule has 6 heteroatoms. The zero-order chi connectivity index (χ0) is 16.2. The Balaban J connectivity index is 2.66. The zero-order valence-electron chi connectivity index (χ0n) is 13.0. The number of carbonyl (C=O) groups excluding carboxylic acids is 1. The number of benzene rings is 1. The highest BCUT2D eigenvalue weighted by molar-refractivity contribution is 5.76. The Morgan fingerprint density at radius 3 is 2.57 bits per heavy atom. The summed E-state index contributed by atoms with van der Waals surface area (Å²) in [4.78, 5) is 22.3. The maximum atomic E-state index is 11.9. The smallest absolute Gasteiger partial charge is 0.272 e. The van der Waals surface area contributed by atoms with Crippen LogP contribution >= 0.6 is 0 Å². The Morgan fingerprint density at radius 2 is 2.05 bits per heavy atom. The van der Waals surface area contributed by atoms with E-state index in [1.54, 1.807) is 19.1 Å². The van der Waals surface area contributed by atoms with Crippen molar-refractivity contribution in [1.82, 2.24) is 5.32 Å². The van der Waals surface area contributed by atoms with Gasteiger partial charge in [-0.15, -0.1) is 0 Å². The van der Waals surface area contributed by atoms with Crippen molar-refractivity contribution in [1.29, 1.82) is 0 Å². The number of nitrogens with one attached hydrogen (secondary N) is 1. The van der Waals surface area contributed by atoms with Crippen LogP contribution in [0.5, 0.6) is 0 Å². The van der Waals surface area contributed by atoms with Gasteiger partial charge in [0.05, 0.1) is 4.92 Å². The molecule has 1 amide bonds. The Hall–Kier alpha value is -1.95. The summed E-state index contributed by atoms with van der Waals surface area (Å²) in [6.07, 6.45) is 0.234. The van der Waals surface area contributed by atoms with E-state index in [0.29, 0.717) is 5.56 Å². The summed E-state index contributed by atoms with van der Waals surface area (Å²) in [5, 5.41) is 13.6. The monoisotopic (exact) mass is 293 g/mol. The van der Waals surface area contributed by atoms with Crippen LogP contribution in [0, 0.1) is 22.5 Å². The van der Waals surface area contributed by atoms with Crippen molar-refractivity contribution in [3.63, 3.8) is 0 Å². The van der Waals surface area contributed by atoms with Crippen molar-refractivity contribution < 1.29 is 9.72 Å². The number of nitro groups is 1. The summed E-state index contributed by atoms with van der Waals surface area (Å²) < 4.78 is 0. The lowest BCUT2D eigenvalue weighted by Crippen LogP contribution is -2.40. The fraction of sp³-hybridized carbons (Fsp3) is 0.533. The van der Waals surface area contributed by atoms with E-state index in [1.807, 2.05) is 20.8 Å². The van der Waals surface area contributed by atoms with Gasteiger partial charge in [-0.2, -0.15) is 0 Å². The molecule has 1 rings (SSSR count). The molecule has 1 aromatic carbocycles. The highest BCUT2D eigenvalue weighted by Gasteiger charge is 2.23. The van der Waals surface area contributed by atoms with Gasteiger partial charge in [-0.3, -0.25) is 14.9 Å². The minimum Gasteiger partial charge on any atom is -0.352 e. The molecule has 0 aromatic heterocycles. The average Bonchev–Trinajstić information content (AvgIpc) is 2.36. The van der Waals surface area contributed by atoms with Gasteiger partial charge in [0.2, 0.25) is 5.91 Å². The zero-order valence-corrected chi connectivity index (χ0v) is 13.0. The summed E-state index contributed by atoms with van der Waals surface area (Å²) in [5.74, 6) is -0.150. The summed E-state index contributed by atoms with van der Waals surface area (Å²) in [7, 11) is 0.